The van der Waals surface area contributed by atoms with Crippen molar-refractivity contribution >= 4 is 5.84 Å². The lowest BCUT2D eigenvalue weighted by atomic mass is 10.1. The molecule has 3 N–H and O–H groups in total. The van der Waals surface area contributed by atoms with E-state index >= 15 is 0 Å². The summed E-state index contributed by atoms with van der Waals surface area (Å²) < 4.78 is 0. The minimum Gasteiger partial charge on any atom is -0.382 e. The van der Waals surface area contributed by atoms with Crippen LogP contribution in [0.25, 0.3) is 0 Å². The Hall–Kier alpha value is -1.42. The molecule has 1 aromatic rings. The van der Waals surface area contributed by atoms with Gasteiger partial charge in [-0.1, -0.05) is 25.8 Å². The van der Waals surface area contributed by atoms with Gasteiger partial charge in [-0.05, 0) is 37.4 Å². The lowest BCUT2D eigenvalue weighted by Gasteiger charge is -2.29. The highest BCUT2D eigenvalue weighted by atomic mass is 15.2. The van der Waals surface area contributed by atoms with Gasteiger partial charge in [0.05, 0.1) is 0 Å². The van der Waals surface area contributed by atoms with E-state index in [1.807, 2.05) is 12.1 Å². The SMILES string of the molecule is CCC1CCCCCN1Cc1cccnc1C(=N)N. The quantitative estimate of drug-likeness (QED) is 0.646. The summed E-state index contributed by atoms with van der Waals surface area (Å²) in [6.45, 7) is 4.27. The van der Waals surface area contributed by atoms with E-state index in [2.05, 4.69) is 16.8 Å². The molecule has 1 saturated heterocycles. The molecule has 104 valence electrons. The van der Waals surface area contributed by atoms with E-state index in [0.717, 1.165) is 18.7 Å². The third kappa shape index (κ3) is 3.53. The van der Waals surface area contributed by atoms with Crippen LogP contribution >= 0.6 is 0 Å². The van der Waals surface area contributed by atoms with Gasteiger partial charge in [0.2, 0.25) is 0 Å². The molecule has 2 heterocycles. The van der Waals surface area contributed by atoms with Gasteiger partial charge in [0, 0.05) is 18.8 Å². The summed E-state index contributed by atoms with van der Waals surface area (Å²) in [6.07, 6.45) is 8.12. The van der Waals surface area contributed by atoms with E-state index < -0.39 is 0 Å². The van der Waals surface area contributed by atoms with Crippen LogP contribution in [0.3, 0.4) is 0 Å². The fourth-order valence-corrected chi connectivity index (χ4v) is 2.93. The molecule has 2 rings (SSSR count). The molecular formula is C15H24N4. The minimum atomic E-state index is 0.0680. The molecule has 1 fully saturated rings. The topological polar surface area (TPSA) is 66.0 Å². The highest BCUT2D eigenvalue weighted by molar-refractivity contribution is 5.94. The van der Waals surface area contributed by atoms with Crippen LogP contribution in [0, 0.1) is 5.41 Å². The smallest absolute Gasteiger partial charge is 0.142 e. The summed E-state index contributed by atoms with van der Waals surface area (Å²) in [6, 6.07) is 4.63. The Bertz CT molecular complexity index is 430. The van der Waals surface area contributed by atoms with Crippen LogP contribution < -0.4 is 5.73 Å². The number of nitrogens with one attached hydrogen (secondary N) is 1. The maximum atomic E-state index is 7.63. The monoisotopic (exact) mass is 260 g/mol. The van der Waals surface area contributed by atoms with E-state index in [9.17, 15) is 0 Å². The molecule has 0 aliphatic carbocycles. The Balaban J connectivity index is 2.16. The second-order valence-electron chi connectivity index (χ2n) is 5.31. The molecule has 0 amide bonds. The zero-order valence-electron chi connectivity index (χ0n) is 11.7. The third-order valence-electron chi connectivity index (χ3n) is 3.99. The molecule has 1 unspecified atom stereocenters. The standard InChI is InChI=1S/C15H24N4/c1-2-13-8-4-3-5-10-19(13)11-12-7-6-9-18-14(12)15(16)17/h6-7,9,13H,2-5,8,10-11H2,1H3,(H3,16,17). The number of nitrogen functional groups attached to an aromatic ring is 1. The van der Waals surface area contributed by atoms with Gasteiger partial charge < -0.3 is 5.73 Å². The van der Waals surface area contributed by atoms with Gasteiger partial charge in [0.15, 0.2) is 0 Å². The first-order chi connectivity index (χ1) is 9.22. The van der Waals surface area contributed by atoms with Gasteiger partial charge in [0.1, 0.15) is 11.5 Å². The van der Waals surface area contributed by atoms with Gasteiger partial charge in [-0.15, -0.1) is 0 Å². The van der Waals surface area contributed by atoms with Gasteiger partial charge in [-0.3, -0.25) is 15.3 Å². The molecule has 4 nitrogen and oxygen atoms in total. The molecule has 4 heteroatoms. The third-order valence-corrected chi connectivity index (χ3v) is 3.99. The molecular weight excluding hydrogens is 236 g/mol. The predicted molar refractivity (Wildman–Crippen MR) is 78.2 cm³/mol. The highest BCUT2D eigenvalue weighted by Crippen LogP contribution is 2.21. The fraction of sp³-hybridized carbons (Fsp3) is 0.600. The van der Waals surface area contributed by atoms with Crippen LogP contribution in [0.2, 0.25) is 0 Å². The highest BCUT2D eigenvalue weighted by Gasteiger charge is 2.20. The number of hydrogen-bond acceptors (Lipinski definition) is 3. The van der Waals surface area contributed by atoms with Crippen molar-refractivity contribution in [3.05, 3.63) is 29.6 Å². The van der Waals surface area contributed by atoms with Crippen LogP contribution in [-0.2, 0) is 6.54 Å². The molecule has 0 saturated carbocycles. The van der Waals surface area contributed by atoms with Crippen LogP contribution in [0.1, 0.15) is 50.3 Å². The molecule has 1 atom stereocenters. The molecule has 19 heavy (non-hydrogen) atoms. The maximum absolute atomic E-state index is 7.63. The average molecular weight is 260 g/mol. The summed E-state index contributed by atoms with van der Waals surface area (Å²) in [4.78, 5) is 6.78. The van der Waals surface area contributed by atoms with Crippen molar-refractivity contribution in [1.82, 2.24) is 9.88 Å². The first-order valence-electron chi connectivity index (χ1n) is 7.24. The minimum absolute atomic E-state index is 0.0680. The Morgan fingerprint density at radius 3 is 3.05 bits per heavy atom. The number of nitrogens with zero attached hydrogens (tertiary/aromatic N) is 2. The van der Waals surface area contributed by atoms with E-state index in [1.165, 1.54) is 32.1 Å². The van der Waals surface area contributed by atoms with Crippen molar-refractivity contribution < 1.29 is 0 Å². The lowest BCUT2D eigenvalue weighted by Crippen LogP contribution is -2.34. The Kier molecular flexibility index (Phi) is 4.91. The summed E-state index contributed by atoms with van der Waals surface area (Å²) in [5.74, 6) is 0.0680. The molecule has 1 aliphatic heterocycles. The second kappa shape index (κ2) is 6.66. The zero-order chi connectivity index (χ0) is 13.7. The van der Waals surface area contributed by atoms with Crippen LogP contribution in [-0.4, -0.2) is 28.3 Å². The Morgan fingerprint density at radius 1 is 1.47 bits per heavy atom. The first-order valence-corrected chi connectivity index (χ1v) is 7.24. The summed E-state index contributed by atoms with van der Waals surface area (Å²) in [5.41, 5.74) is 7.34. The van der Waals surface area contributed by atoms with E-state index in [-0.39, 0.29) is 5.84 Å². The van der Waals surface area contributed by atoms with Gasteiger partial charge in [0.25, 0.3) is 0 Å². The second-order valence-corrected chi connectivity index (χ2v) is 5.31. The van der Waals surface area contributed by atoms with Crippen LogP contribution in [0.5, 0.6) is 0 Å². The van der Waals surface area contributed by atoms with Crippen LogP contribution in [0.4, 0.5) is 0 Å². The predicted octanol–water partition coefficient (Wildman–Crippen LogP) is 2.52. The van der Waals surface area contributed by atoms with E-state index in [0.29, 0.717) is 11.7 Å². The summed E-state index contributed by atoms with van der Waals surface area (Å²) in [7, 11) is 0. The zero-order valence-corrected chi connectivity index (χ0v) is 11.7. The van der Waals surface area contributed by atoms with Crippen molar-refractivity contribution in [1.29, 1.82) is 5.41 Å². The largest absolute Gasteiger partial charge is 0.382 e. The molecule has 1 aromatic heterocycles. The Labute approximate surface area is 115 Å². The van der Waals surface area contributed by atoms with E-state index in [4.69, 9.17) is 11.1 Å². The van der Waals surface area contributed by atoms with Crippen molar-refractivity contribution in [2.75, 3.05) is 6.54 Å². The Morgan fingerprint density at radius 2 is 2.32 bits per heavy atom. The molecule has 0 aromatic carbocycles. The number of amidine groups is 1. The van der Waals surface area contributed by atoms with Crippen molar-refractivity contribution in [3.8, 4) is 0 Å². The van der Waals surface area contributed by atoms with Crippen molar-refractivity contribution in [2.24, 2.45) is 5.73 Å². The first kappa shape index (κ1) is 14.0. The normalized spacial score (nSPS) is 21.0. The number of pyridine rings is 1. The van der Waals surface area contributed by atoms with E-state index in [1.54, 1.807) is 6.20 Å². The summed E-state index contributed by atoms with van der Waals surface area (Å²) >= 11 is 0. The number of hydrogen-bond donors (Lipinski definition) is 2. The number of aromatic nitrogens is 1. The van der Waals surface area contributed by atoms with Crippen LogP contribution in [0.15, 0.2) is 18.3 Å². The summed E-state index contributed by atoms with van der Waals surface area (Å²) in [5, 5.41) is 7.63. The number of rotatable bonds is 4. The van der Waals surface area contributed by atoms with Gasteiger partial charge >= 0.3 is 0 Å². The van der Waals surface area contributed by atoms with Crippen molar-refractivity contribution in [3.63, 3.8) is 0 Å². The molecule has 0 bridgehead atoms. The van der Waals surface area contributed by atoms with Crippen molar-refractivity contribution in [2.45, 2.75) is 51.6 Å². The maximum Gasteiger partial charge on any atom is 0.142 e. The average Bonchev–Trinajstić information content (AvgIpc) is 2.64. The number of likely N-dealkylation sites (tertiary alicyclic amines) is 1. The number of nitrogens with two attached hydrogens (primary N) is 1. The molecule has 0 spiro atoms. The molecule has 0 radical (unpaired) electrons. The molecule has 1 aliphatic rings. The van der Waals surface area contributed by atoms with Gasteiger partial charge in [-0.25, -0.2) is 0 Å². The van der Waals surface area contributed by atoms with Gasteiger partial charge in [-0.2, -0.15) is 0 Å². The fourth-order valence-electron chi connectivity index (χ4n) is 2.93. The lowest BCUT2D eigenvalue weighted by molar-refractivity contribution is 0.186.